The molecule has 30 heavy (non-hydrogen) atoms. The molecule has 3 aromatic heterocycles. The molecule has 0 aliphatic rings. The number of ether oxygens (including phenoxy) is 1. The third-order valence-corrected chi connectivity index (χ3v) is 4.05. The van der Waals surface area contributed by atoms with Crippen LogP contribution >= 0.6 is 0 Å². The first-order valence-corrected chi connectivity index (χ1v) is 9.02. The molecule has 150 valence electrons. The van der Waals surface area contributed by atoms with Crippen LogP contribution in [0.2, 0.25) is 0 Å². The van der Waals surface area contributed by atoms with E-state index in [0.29, 0.717) is 17.3 Å². The van der Waals surface area contributed by atoms with Gasteiger partial charge in [-0.3, -0.25) is 20.4 Å². The zero-order valence-electron chi connectivity index (χ0n) is 15.7. The number of carbonyl (C=O) groups excluding carboxylic acids is 2. The molecule has 3 heterocycles. The maximum atomic E-state index is 12.2. The zero-order valence-corrected chi connectivity index (χ0v) is 15.7. The molecular formula is C21H17N5O4. The summed E-state index contributed by atoms with van der Waals surface area (Å²) in [6.45, 7) is 0.178. The van der Waals surface area contributed by atoms with Crippen LogP contribution in [0.5, 0.6) is 5.75 Å². The second-order valence-electron chi connectivity index (χ2n) is 6.13. The first-order valence-electron chi connectivity index (χ1n) is 9.02. The van der Waals surface area contributed by atoms with Crippen molar-refractivity contribution in [1.82, 2.24) is 25.6 Å². The van der Waals surface area contributed by atoms with E-state index in [0.717, 1.165) is 0 Å². The highest BCUT2D eigenvalue weighted by Crippen LogP contribution is 2.14. The highest BCUT2D eigenvalue weighted by molar-refractivity contribution is 5.97. The first-order chi connectivity index (χ1) is 14.7. The van der Waals surface area contributed by atoms with Crippen molar-refractivity contribution < 1.29 is 18.7 Å². The summed E-state index contributed by atoms with van der Waals surface area (Å²) < 4.78 is 12.6. The molecule has 0 aliphatic heterocycles. The fourth-order valence-electron chi connectivity index (χ4n) is 2.56. The van der Waals surface area contributed by atoms with Crippen molar-refractivity contribution in [1.29, 1.82) is 0 Å². The fraction of sp³-hybridized carbons (Fsp3) is 0.0476. The number of aromatic nitrogens is 3. The Hall–Kier alpha value is -4.40. The molecule has 1 aromatic carbocycles. The second-order valence-corrected chi connectivity index (χ2v) is 6.13. The predicted molar refractivity (Wildman–Crippen MR) is 106 cm³/mol. The number of hydrogen-bond donors (Lipinski definition) is 2. The van der Waals surface area contributed by atoms with Gasteiger partial charge in [0.1, 0.15) is 18.1 Å². The van der Waals surface area contributed by atoms with E-state index >= 15 is 0 Å². The lowest BCUT2D eigenvalue weighted by molar-refractivity contribution is 0.0828. The quantitative estimate of drug-likeness (QED) is 0.479. The molecule has 0 fully saturated rings. The largest absolute Gasteiger partial charge is 0.486 e. The van der Waals surface area contributed by atoms with Crippen molar-refractivity contribution in [3.8, 4) is 11.6 Å². The Morgan fingerprint density at radius 1 is 0.967 bits per heavy atom. The number of rotatable bonds is 6. The number of para-hydroxylation sites is 1. The lowest BCUT2D eigenvalue weighted by Crippen LogP contribution is -2.41. The molecule has 0 atom stereocenters. The average Bonchev–Trinajstić information content (AvgIpc) is 3.49. The topological polar surface area (TPSA) is 111 Å². The summed E-state index contributed by atoms with van der Waals surface area (Å²) >= 11 is 0. The van der Waals surface area contributed by atoms with Crippen LogP contribution < -0.4 is 15.6 Å². The number of amides is 2. The number of hydrazine groups is 1. The highest BCUT2D eigenvalue weighted by Gasteiger charge is 2.14. The lowest BCUT2D eigenvalue weighted by Gasteiger charge is -2.07. The molecule has 2 amide bonds. The molecule has 0 aliphatic carbocycles. The van der Waals surface area contributed by atoms with Gasteiger partial charge in [-0.15, -0.1) is 0 Å². The minimum Gasteiger partial charge on any atom is -0.486 e. The predicted octanol–water partition coefficient (Wildman–Crippen LogP) is 2.51. The number of benzene rings is 1. The Bertz CT molecular complexity index is 1120. The number of pyridine rings is 1. The Kier molecular flexibility index (Phi) is 5.52. The van der Waals surface area contributed by atoms with E-state index in [4.69, 9.17) is 9.15 Å². The Balaban J connectivity index is 1.29. The van der Waals surface area contributed by atoms with Crippen LogP contribution in [0.15, 0.2) is 83.7 Å². The third kappa shape index (κ3) is 4.53. The molecule has 0 saturated heterocycles. The molecule has 4 aromatic rings. The van der Waals surface area contributed by atoms with Crippen LogP contribution in [0.25, 0.3) is 5.82 Å². The van der Waals surface area contributed by atoms with Crippen molar-refractivity contribution in [3.05, 3.63) is 96.3 Å². The SMILES string of the molecule is O=C(NNC(=O)c1ccc(COc2ccccc2)o1)c1ccc(-n2cccn2)nc1. The summed E-state index contributed by atoms with van der Waals surface area (Å²) in [5.74, 6) is 0.695. The molecule has 2 N–H and O–H groups in total. The van der Waals surface area contributed by atoms with Crippen molar-refractivity contribution in [2.45, 2.75) is 6.61 Å². The lowest BCUT2D eigenvalue weighted by atomic mass is 10.3. The van der Waals surface area contributed by atoms with Crippen LogP contribution in [-0.2, 0) is 6.61 Å². The average molecular weight is 403 g/mol. The van der Waals surface area contributed by atoms with Crippen LogP contribution in [-0.4, -0.2) is 26.6 Å². The standard InChI is InChI=1S/C21H17N5O4/c27-20(15-7-10-19(22-13-15)26-12-4-11-23-26)24-25-21(28)18-9-8-17(30-18)14-29-16-5-2-1-3-6-16/h1-13H,14H2,(H,24,27)(H,25,28). The van der Waals surface area contributed by atoms with Crippen molar-refractivity contribution in [2.24, 2.45) is 0 Å². The smallest absolute Gasteiger partial charge is 0.305 e. The minimum atomic E-state index is -0.588. The van der Waals surface area contributed by atoms with Gasteiger partial charge < -0.3 is 9.15 Å². The van der Waals surface area contributed by atoms with E-state index in [-0.39, 0.29) is 17.9 Å². The maximum absolute atomic E-state index is 12.2. The molecular weight excluding hydrogens is 386 g/mol. The minimum absolute atomic E-state index is 0.0501. The number of carbonyl (C=O) groups is 2. The summed E-state index contributed by atoms with van der Waals surface area (Å²) in [7, 11) is 0. The summed E-state index contributed by atoms with van der Waals surface area (Å²) in [5.41, 5.74) is 4.91. The highest BCUT2D eigenvalue weighted by atomic mass is 16.5. The van der Waals surface area contributed by atoms with Gasteiger partial charge >= 0.3 is 5.91 Å². The summed E-state index contributed by atoms with van der Waals surface area (Å²) in [5, 5.41) is 4.06. The van der Waals surface area contributed by atoms with Gasteiger partial charge in [0.05, 0.1) is 5.56 Å². The third-order valence-electron chi connectivity index (χ3n) is 4.05. The number of hydrogen-bond acceptors (Lipinski definition) is 6. The van der Waals surface area contributed by atoms with E-state index < -0.39 is 11.8 Å². The van der Waals surface area contributed by atoms with Crippen LogP contribution in [0.1, 0.15) is 26.7 Å². The van der Waals surface area contributed by atoms with Gasteiger partial charge in [-0.1, -0.05) is 18.2 Å². The second kappa shape index (κ2) is 8.74. The van der Waals surface area contributed by atoms with Gasteiger partial charge in [0, 0.05) is 18.6 Å². The Morgan fingerprint density at radius 2 is 1.80 bits per heavy atom. The molecule has 9 nitrogen and oxygen atoms in total. The summed E-state index contributed by atoms with van der Waals surface area (Å²) in [6.07, 6.45) is 4.76. The van der Waals surface area contributed by atoms with E-state index in [1.54, 1.807) is 41.3 Å². The van der Waals surface area contributed by atoms with Crippen molar-refractivity contribution in [2.75, 3.05) is 0 Å². The van der Waals surface area contributed by atoms with E-state index in [1.807, 2.05) is 30.3 Å². The molecule has 0 unspecified atom stereocenters. The van der Waals surface area contributed by atoms with Crippen molar-refractivity contribution in [3.63, 3.8) is 0 Å². The van der Waals surface area contributed by atoms with Gasteiger partial charge in [-0.2, -0.15) is 5.10 Å². The van der Waals surface area contributed by atoms with Gasteiger partial charge in [0.25, 0.3) is 5.91 Å². The molecule has 0 radical (unpaired) electrons. The normalized spacial score (nSPS) is 10.4. The molecule has 0 spiro atoms. The number of nitrogens with one attached hydrogen (secondary N) is 2. The van der Waals surface area contributed by atoms with Gasteiger partial charge in [-0.05, 0) is 42.5 Å². The fourth-order valence-corrected chi connectivity index (χ4v) is 2.56. The zero-order chi connectivity index (χ0) is 20.8. The Labute approximate surface area is 171 Å². The summed E-state index contributed by atoms with van der Waals surface area (Å²) in [6, 6.07) is 17.4. The number of furan rings is 1. The van der Waals surface area contributed by atoms with Crippen molar-refractivity contribution >= 4 is 11.8 Å². The molecule has 0 bridgehead atoms. The van der Waals surface area contributed by atoms with Gasteiger partial charge in [0.2, 0.25) is 0 Å². The van der Waals surface area contributed by atoms with E-state index in [1.165, 1.54) is 12.3 Å². The summed E-state index contributed by atoms with van der Waals surface area (Å²) in [4.78, 5) is 28.6. The van der Waals surface area contributed by atoms with Crippen LogP contribution in [0.3, 0.4) is 0 Å². The van der Waals surface area contributed by atoms with Crippen LogP contribution in [0.4, 0.5) is 0 Å². The molecule has 0 saturated carbocycles. The molecule has 4 rings (SSSR count). The number of nitrogens with zero attached hydrogens (tertiary/aromatic N) is 3. The van der Waals surface area contributed by atoms with E-state index in [9.17, 15) is 9.59 Å². The van der Waals surface area contributed by atoms with Gasteiger partial charge in [-0.25, -0.2) is 9.67 Å². The maximum Gasteiger partial charge on any atom is 0.305 e. The van der Waals surface area contributed by atoms with Gasteiger partial charge in [0.15, 0.2) is 11.6 Å². The Morgan fingerprint density at radius 3 is 2.53 bits per heavy atom. The first kappa shape index (κ1) is 18.9. The monoisotopic (exact) mass is 403 g/mol. The van der Waals surface area contributed by atoms with Crippen LogP contribution in [0, 0.1) is 0 Å². The van der Waals surface area contributed by atoms with E-state index in [2.05, 4.69) is 20.9 Å². The molecule has 9 heteroatoms.